The average Bonchev–Trinajstić information content (AvgIpc) is 3.11. The fourth-order valence-corrected chi connectivity index (χ4v) is 2.52. The first-order valence-electron chi connectivity index (χ1n) is 8.98. The van der Waals surface area contributed by atoms with Crippen molar-refractivity contribution >= 4 is 23.6 Å². The van der Waals surface area contributed by atoms with Gasteiger partial charge in [0.1, 0.15) is 18.2 Å². The van der Waals surface area contributed by atoms with Crippen LogP contribution in [0.3, 0.4) is 0 Å². The Labute approximate surface area is 159 Å². The predicted molar refractivity (Wildman–Crippen MR) is 100 cm³/mol. The summed E-state index contributed by atoms with van der Waals surface area (Å²) < 4.78 is 10.4. The highest BCUT2D eigenvalue weighted by Crippen LogP contribution is 2.13. The van der Waals surface area contributed by atoms with Gasteiger partial charge in [-0.2, -0.15) is 0 Å². The number of hydrogen-bond acceptors (Lipinski definition) is 5. The monoisotopic (exact) mass is 377 g/mol. The third-order valence-corrected chi connectivity index (χ3v) is 3.69. The molecule has 1 aromatic carbocycles. The van der Waals surface area contributed by atoms with Gasteiger partial charge in [0.25, 0.3) is 0 Å². The first-order chi connectivity index (χ1) is 12.7. The normalized spacial score (nSPS) is 16.5. The molecule has 1 saturated heterocycles. The van der Waals surface area contributed by atoms with Crippen LogP contribution in [-0.2, 0) is 25.6 Å². The third kappa shape index (κ3) is 7.65. The molecule has 27 heavy (non-hydrogen) atoms. The van der Waals surface area contributed by atoms with Crippen LogP contribution in [0.15, 0.2) is 24.3 Å². The summed E-state index contributed by atoms with van der Waals surface area (Å²) in [5.41, 5.74) is 0.803. The van der Waals surface area contributed by atoms with Gasteiger partial charge in [-0.1, -0.05) is 12.1 Å². The SMILES string of the molecule is CC(C)(C)OC(=O)NCC(=O)Nc1cccc(CNC(=O)C2CCCO2)c1. The van der Waals surface area contributed by atoms with Gasteiger partial charge in [0, 0.05) is 18.8 Å². The zero-order valence-electron chi connectivity index (χ0n) is 16.0. The van der Waals surface area contributed by atoms with Crippen LogP contribution in [0.25, 0.3) is 0 Å². The van der Waals surface area contributed by atoms with Gasteiger partial charge in [-0.15, -0.1) is 0 Å². The third-order valence-electron chi connectivity index (χ3n) is 3.69. The fraction of sp³-hybridized carbons (Fsp3) is 0.526. The van der Waals surface area contributed by atoms with E-state index in [4.69, 9.17) is 9.47 Å². The molecule has 2 rings (SSSR count). The van der Waals surface area contributed by atoms with Crippen molar-refractivity contribution in [2.45, 2.75) is 51.9 Å². The van der Waals surface area contributed by atoms with E-state index in [1.807, 2.05) is 6.07 Å². The molecule has 0 radical (unpaired) electrons. The minimum absolute atomic E-state index is 0.122. The number of ether oxygens (including phenoxy) is 2. The average molecular weight is 377 g/mol. The number of carbonyl (C=O) groups excluding carboxylic acids is 3. The van der Waals surface area contributed by atoms with Gasteiger partial charge < -0.3 is 25.4 Å². The Balaban J connectivity index is 1.78. The highest BCUT2D eigenvalue weighted by Gasteiger charge is 2.23. The van der Waals surface area contributed by atoms with Gasteiger partial charge in [0.15, 0.2) is 0 Å². The van der Waals surface area contributed by atoms with E-state index >= 15 is 0 Å². The molecule has 8 heteroatoms. The summed E-state index contributed by atoms with van der Waals surface area (Å²) in [5.74, 6) is -0.495. The number of carbonyl (C=O) groups is 3. The second-order valence-corrected chi connectivity index (χ2v) is 7.32. The molecule has 1 aliphatic heterocycles. The summed E-state index contributed by atoms with van der Waals surface area (Å²) in [6, 6.07) is 7.13. The van der Waals surface area contributed by atoms with E-state index in [1.54, 1.807) is 39.0 Å². The summed E-state index contributed by atoms with van der Waals surface area (Å²) in [6.07, 6.45) is 0.624. The summed E-state index contributed by atoms with van der Waals surface area (Å²) in [4.78, 5) is 35.5. The molecule has 8 nitrogen and oxygen atoms in total. The molecule has 0 aromatic heterocycles. The lowest BCUT2D eigenvalue weighted by Crippen LogP contribution is -2.37. The Kier molecular flexibility index (Phi) is 7.18. The van der Waals surface area contributed by atoms with Gasteiger partial charge in [-0.3, -0.25) is 9.59 Å². The topological polar surface area (TPSA) is 106 Å². The smallest absolute Gasteiger partial charge is 0.408 e. The molecule has 0 aliphatic carbocycles. The predicted octanol–water partition coefficient (Wildman–Crippen LogP) is 1.94. The number of nitrogens with one attached hydrogen (secondary N) is 3. The molecular weight excluding hydrogens is 350 g/mol. The molecule has 1 fully saturated rings. The molecule has 148 valence electrons. The maximum atomic E-state index is 12.0. The number of hydrogen-bond donors (Lipinski definition) is 3. The van der Waals surface area contributed by atoms with Crippen LogP contribution in [0.1, 0.15) is 39.2 Å². The lowest BCUT2D eigenvalue weighted by molar-refractivity contribution is -0.130. The second-order valence-electron chi connectivity index (χ2n) is 7.32. The molecule has 1 unspecified atom stereocenters. The number of amides is 3. The maximum absolute atomic E-state index is 12.0. The van der Waals surface area contributed by atoms with Gasteiger partial charge in [0.2, 0.25) is 11.8 Å². The lowest BCUT2D eigenvalue weighted by Gasteiger charge is -2.19. The van der Waals surface area contributed by atoms with Crippen molar-refractivity contribution in [3.8, 4) is 0 Å². The second kappa shape index (κ2) is 9.36. The maximum Gasteiger partial charge on any atom is 0.408 e. The van der Waals surface area contributed by atoms with Crippen molar-refractivity contribution in [2.75, 3.05) is 18.5 Å². The van der Waals surface area contributed by atoms with Crippen LogP contribution in [0.2, 0.25) is 0 Å². The van der Waals surface area contributed by atoms with Crippen molar-refractivity contribution in [3.63, 3.8) is 0 Å². The largest absolute Gasteiger partial charge is 0.444 e. The summed E-state index contributed by atoms with van der Waals surface area (Å²) >= 11 is 0. The van der Waals surface area contributed by atoms with Crippen LogP contribution in [0.4, 0.5) is 10.5 Å². The van der Waals surface area contributed by atoms with E-state index in [9.17, 15) is 14.4 Å². The van der Waals surface area contributed by atoms with E-state index in [2.05, 4.69) is 16.0 Å². The van der Waals surface area contributed by atoms with Gasteiger partial charge >= 0.3 is 6.09 Å². The van der Waals surface area contributed by atoms with Crippen molar-refractivity contribution in [1.82, 2.24) is 10.6 Å². The zero-order chi connectivity index (χ0) is 19.9. The molecule has 3 N–H and O–H groups in total. The Morgan fingerprint density at radius 2 is 2.00 bits per heavy atom. The number of alkyl carbamates (subject to hydrolysis) is 1. The lowest BCUT2D eigenvalue weighted by atomic mass is 10.2. The molecule has 0 saturated carbocycles. The molecule has 0 spiro atoms. The van der Waals surface area contributed by atoms with Gasteiger partial charge in [-0.05, 0) is 51.3 Å². The molecule has 1 aromatic rings. The van der Waals surface area contributed by atoms with Crippen molar-refractivity contribution in [3.05, 3.63) is 29.8 Å². The van der Waals surface area contributed by atoms with Crippen molar-refractivity contribution in [1.29, 1.82) is 0 Å². The van der Waals surface area contributed by atoms with Crippen LogP contribution >= 0.6 is 0 Å². The van der Waals surface area contributed by atoms with E-state index in [1.165, 1.54) is 0 Å². The van der Waals surface area contributed by atoms with Gasteiger partial charge in [-0.25, -0.2) is 4.79 Å². The van der Waals surface area contributed by atoms with Crippen molar-refractivity contribution in [2.24, 2.45) is 0 Å². The molecule has 0 bridgehead atoms. The molecular formula is C19H27N3O5. The summed E-state index contributed by atoms with van der Waals surface area (Å²) in [7, 11) is 0. The Morgan fingerprint density at radius 1 is 1.22 bits per heavy atom. The highest BCUT2D eigenvalue weighted by atomic mass is 16.6. The number of rotatable bonds is 6. The first kappa shape index (κ1) is 20.7. The fourth-order valence-electron chi connectivity index (χ4n) is 2.52. The molecule has 3 amide bonds. The van der Waals surface area contributed by atoms with E-state index in [0.29, 0.717) is 18.8 Å². The van der Waals surface area contributed by atoms with E-state index in [0.717, 1.165) is 18.4 Å². The van der Waals surface area contributed by atoms with E-state index < -0.39 is 11.7 Å². The highest BCUT2D eigenvalue weighted by molar-refractivity contribution is 5.93. The quantitative estimate of drug-likeness (QED) is 0.703. The van der Waals surface area contributed by atoms with Crippen LogP contribution in [0, 0.1) is 0 Å². The van der Waals surface area contributed by atoms with Gasteiger partial charge in [0.05, 0.1) is 0 Å². The number of anilines is 1. The summed E-state index contributed by atoms with van der Waals surface area (Å²) in [5, 5.41) is 7.93. The minimum Gasteiger partial charge on any atom is -0.444 e. The Hall–Kier alpha value is -2.61. The molecule has 1 heterocycles. The molecule has 1 aliphatic rings. The van der Waals surface area contributed by atoms with E-state index in [-0.39, 0.29) is 24.5 Å². The molecule has 1 atom stereocenters. The summed E-state index contributed by atoms with van der Waals surface area (Å²) in [6.45, 7) is 6.01. The minimum atomic E-state index is -0.650. The zero-order valence-corrected chi connectivity index (χ0v) is 16.0. The first-order valence-corrected chi connectivity index (χ1v) is 8.98. The number of benzene rings is 1. The Bertz CT molecular complexity index is 678. The van der Waals surface area contributed by atoms with Crippen LogP contribution in [-0.4, -0.2) is 42.8 Å². The Morgan fingerprint density at radius 3 is 2.67 bits per heavy atom. The van der Waals surface area contributed by atoms with Crippen LogP contribution in [0.5, 0.6) is 0 Å². The van der Waals surface area contributed by atoms with Crippen LogP contribution < -0.4 is 16.0 Å². The van der Waals surface area contributed by atoms with Crippen molar-refractivity contribution < 1.29 is 23.9 Å². The standard InChI is InChI=1S/C19H27N3O5/c1-19(2,3)27-18(25)21-12-16(23)22-14-7-4-6-13(10-14)11-20-17(24)15-8-5-9-26-15/h4,6-7,10,15H,5,8-9,11-12H2,1-3H3,(H,20,24)(H,21,25)(H,22,23).